The van der Waals surface area contributed by atoms with E-state index in [4.69, 9.17) is 0 Å². The molecule has 0 saturated carbocycles. The summed E-state index contributed by atoms with van der Waals surface area (Å²) in [7, 11) is 4.01. The third-order valence-electron chi connectivity index (χ3n) is 4.68. The van der Waals surface area contributed by atoms with Crippen LogP contribution in [0.25, 0.3) is 0 Å². The largest absolute Gasteiger partial charge is 0.369 e. The van der Waals surface area contributed by atoms with Crippen molar-refractivity contribution < 1.29 is 9.18 Å². The molecule has 1 N–H and O–H groups in total. The molecule has 1 aliphatic rings. The topological polar surface area (TPSA) is 64.6 Å². The van der Waals surface area contributed by atoms with E-state index in [0.717, 1.165) is 18.8 Å². The van der Waals surface area contributed by atoms with Gasteiger partial charge in [0.1, 0.15) is 23.2 Å². The van der Waals surface area contributed by atoms with E-state index in [0.29, 0.717) is 43.5 Å². The third kappa shape index (κ3) is 5.16. The van der Waals surface area contributed by atoms with Gasteiger partial charge in [-0.15, -0.1) is 0 Å². The van der Waals surface area contributed by atoms with Crippen LogP contribution in [0.1, 0.15) is 16.3 Å². The van der Waals surface area contributed by atoms with Crippen molar-refractivity contribution in [3.63, 3.8) is 0 Å². The molecule has 0 spiro atoms. The fraction of sp³-hybridized carbons (Fsp3) is 0.450. The normalized spacial score (nSPS) is 14.5. The molecule has 1 aromatic carbocycles. The molecule has 1 saturated heterocycles. The van der Waals surface area contributed by atoms with Crippen molar-refractivity contribution in [3.05, 3.63) is 47.7 Å². The zero-order valence-electron chi connectivity index (χ0n) is 16.7. The van der Waals surface area contributed by atoms with E-state index in [2.05, 4.69) is 25.1 Å². The molecule has 2 aromatic rings. The lowest BCUT2D eigenvalue weighted by Crippen LogP contribution is -2.49. The Hall–Kier alpha value is -2.74. The van der Waals surface area contributed by atoms with Crippen molar-refractivity contribution in [3.8, 4) is 0 Å². The minimum Gasteiger partial charge on any atom is -0.369 e. The van der Waals surface area contributed by atoms with Crippen LogP contribution in [0.5, 0.6) is 0 Å². The molecule has 0 aliphatic carbocycles. The van der Waals surface area contributed by atoms with E-state index in [1.54, 1.807) is 25.1 Å². The van der Waals surface area contributed by atoms with Crippen LogP contribution in [-0.4, -0.2) is 79.0 Å². The van der Waals surface area contributed by atoms with Gasteiger partial charge < -0.3 is 20.0 Å². The second kappa shape index (κ2) is 8.97. The van der Waals surface area contributed by atoms with Crippen LogP contribution in [0.15, 0.2) is 30.3 Å². The number of aromatic nitrogens is 2. The highest BCUT2D eigenvalue weighted by Crippen LogP contribution is 2.18. The van der Waals surface area contributed by atoms with Crippen LogP contribution in [-0.2, 0) is 0 Å². The van der Waals surface area contributed by atoms with Gasteiger partial charge >= 0.3 is 0 Å². The first-order valence-electron chi connectivity index (χ1n) is 9.46. The van der Waals surface area contributed by atoms with Gasteiger partial charge in [-0.1, -0.05) is 0 Å². The molecule has 0 unspecified atom stereocenters. The molecular formula is C20H27FN6O. The molecule has 7 nitrogen and oxygen atoms in total. The first-order valence-corrected chi connectivity index (χ1v) is 9.46. The summed E-state index contributed by atoms with van der Waals surface area (Å²) >= 11 is 0. The van der Waals surface area contributed by atoms with Crippen LogP contribution in [0.3, 0.4) is 0 Å². The Bertz CT molecular complexity index is 803. The number of nitrogens with zero attached hydrogens (tertiary/aromatic N) is 5. The predicted octanol–water partition coefficient (Wildman–Crippen LogP) is 1.86. The number of piperazine rings is 1. The van der Waals surface area contributed by atoms with E-state index >= 15 is 0 Å². The molecule has 0 atom stereocenters. The van der Waals surface area contributed by atoms with Crippen LogP contribution in [0.2, 0.25) is 0 Å². The Balaban J connectivity index is 1.61. The van der Waals surface area contributed by atoms with Crippen LogP contribution < -0.4 is 10.2 Å². The molecule has 1 amide bonds. The molecule has 1 fully saturated rings. The minimum absolute atomic E-state index is 0.0834. The lowest BCUT2D eigenvalue weighted by Gasteiger charge is -2.36. The van der Waals surface area contributed by atoms with E-state index in [-0.39, 0.29) is 11.7 Å². The summed E-state index contributed by atoms with van der Waals surface area (Å²) in [6.45, 7) is 6.02. The summed E-state index contributed by atoms with van der Waals surface area (Å²) in [6.07, 6.45) is 0. The predicted molar refractivity (Wildman–Crippen MR) is 108 cm³/mol. The van der Waals surface area contributed by atoms with Crippen LogP contribution in [0, 0.1) is 12.7 Å². The van der Waals surface area contributed by atoms with E-state index in [1.807, 2.05) is 19.0 Å². The summed E-state index contributed by atoms with van der Waals surface area (Å²) in [5.41, 5.74) is 1.38. The summed E-state index contributed by atoms with van der Waals surface area (Å²) in [4.78, 5) is 27.6. The Morgan fingerprint density at radius 1 is 1.14 bits per heavy atom. The number of aryl methyl sites for hydroxylation is 1. The third-order valence-corrected chi connectivity index (χ3v) is 4.68. The fourth-order valence-corrected chi connectivity index (χ4v) is 3.16. The van der Waals surface area contributed by atoms with Crippen molar-refractivity contribution in [1.29, 1.82) is 0 Å². The van der Waals surface area contributed by atoms with Gasteiger partial charge in [-0.25, -0.2) is 14.4 Å². The zero-order valence-corrected chi connectivity index (χ0v) is 16.7. The van der Waals surface area contributed by atoms with Gasteiger partial charge in [0.15, 0.2) is 0 Å². The van der Waals surface area contributed by atoms with Crippen LogP contribution >= 0.6 is 0 Å². The molecule has 8 heteroatoms. The van der Waals surface area contributed by atoms with Crippen molar-refractivity contribution >= 4 is 17.4 Å². The number of carbonyl (C=O) groups is 1. The summed E-state index contributed by atoms with van der Waals surface area (Å²) < 4.78 is 13.1. The lowest BCUT2D eigenvalue weighted by atomic mass is 10.2. The summed E-state index contributed by atoms with van der Waals surface area (Å²) in [6, 6.07) is 8.18. The zero-order chi connectivity index (χ0) is 20.1. The number of halogens is 1. The Morgan fingerprint density at radius 3 is 2.46 bits per heavy atom. The van der Waals surface area contributed by atoms with Gasteiger partial charge in [-0.3, -0.25) is 4.79 Å². The van der Waals surface area contributed by atoms with Gasteiger partial charge in [0, 0.05) is 51.0 Å². The number of hydrogen-bond donors (Lipinski definition) is 1. The highest BCUT2D eigenvalue weighted by molar-refractivity contribution is 5.93. The number of anilines is 2. The van der Waals surface area contributed by atoms with Gasteiger partial charge in [-0.05, 0) is 45.3 Å². The molecule has 150 valence electrons. The maximum absolute atomic E-state index is 13.1. The molecule has 3 rings (SSSR count). The van der Waals surface area contributed by atoms with E-state index in [9.17, 15) is 9.18 Å². The standard InChI is InChI=1S/C20H27FN6O/c1-15-23-18(14-19(24-15)22-8-9-25(2)3)20(28)27-12-10-26(11-13-27)17-6-4-16(21)5-7-17/h4-7,14H,8-13H2,1-3H3,(H,22,23,24). The second-order valence-electron chi connectivity index (χ2n) is 7.17. The smallest absolute Gasteiger partial charge is 0.272 e. The molecule has 2 heterocycles. The first-order chi connectivity index (χ1) is 13.4. The Morgan fingerprint density at radius 2 is 1.82 bits per heavy atom. The monoisotopic (exact) mass is 386 g/mol. The minimum atomic E-state index is -0.244. The van der Waals surface area contributed by atoms with E-state index < -0.39 is 0 Å². The maximum Gasteiger partial charge on any atom is 0.272 e. The van der Waals surface area contributed by atoms with Crippen molar-refractivity contribution in [1.82, 2.24) is 19.8 Å². The number of rotatable bonds is 6. The van der Waals surface area contributed by atoms with Gasteiger partial charge in [0.2, 0.25) is 0 Å². The maximum atomic E-state index is 13.1. The number of likely N-dealkylation sites (N-methyl/N-ethyl adjacent to an activating group) is 1. The quantitative estimate of drug-likeness (QED) is 0.818. The van der Waals surface area contributed by atoms with Crippen LogP contribution in [0.4, 0.5) is 15.9 Å². The summed E-state index contributed by atoms with van der Waals surface area (Å²) in [5, 5.41) is 3.25. The average Bonchev–Trinajstić information content (AvgIpc) is 2.67. The number of benzene rings is 1. The second-order valence-corrected chi connectivity index (χ2v) is 7.17. The molecule has 1 aliphatic heterocycles. The van der Waals surface area contributed by atoms with Gasteiger partial charge in [-0.2, -0.15) is 0 Å². The van der Waals surface area contributed by atoms with E-state index in [1.165, 1.54) is 12.1 Å². The van der Waals surface area contributed by atoms with Crippen molar-refractivity contribution in [2.75, 3.05) is 63.6 Å². The Kier molecular flexibility index (Phi) is 6.41. The number of hydrogen-bond acceptors (Lipinski definition) is 6. The number of carbonyl (C=O) groups excluding carboxylic acids is 1. The summed E-state index contributed by atoms with van der Waals surface area (Å²) in [5.74, 6) is 0.914. The molecule has 0 radical (unpaired) electrons. The lowest BCUT2D eigenvalue weighted by molar-refractivity contribution is 0.0740. The fourth-order valence-electron chi connectivity index (χ4n) is 3.16. The highest BCUT2D eigenvalue weighted by atomic mass is 19.1. The number of amides is 1. The average molecular weight is 386 g/mol. The molecule has 1 aromatic heterocycles. The van der Waals surface area contributed by atoms with Crippen molar-refractivity contribution in [2.24, 2.45) is 0 Å². The van der Waals surface area contributed by atoms with Gasteiger partial charge in [0.05, 0.1) is 0 Å². The first kappa shape index (κ1) is 20.0. The van der Waals surface area contributed by atoms with Crippen molar-refractivity contribution in [2.45, 2.75) is 6.92 Å². The molecular weight excluding hydrogens is 359 g/mol. The molecule has 0 bridgehead atoms. The Labute approximate surface area is 165 Å². The highest BCUT2D eigenvalue weighted by Gasteiger charge is 2.24. The van der Waals surface area contributed by atoms with Gasteiger partial charge in [0.25, 0.3) is 5.91 Å². The SMILES string of the molecule is Cc1nc(NCCN(C)C)cc(C(=O)N2CCN(c3ccc(F)cc3)CC2)n1. The molecule has 28 heavy (non-hydrogen) atoms. The number of nitrogens with one attached hydrogen (secondary N) is 1.